The monoisotopic (exact) mass is 560 g/mol. The summed E-state index contributed by atoms with van der Waals surface area (Å²) >= 11 is 0. The van der Waals surface area contributed by atoms with Crippen LogP contribution in [0.3, 0.4) is 0 Å². The number of carbonyl (C=O) groups excluding carboxylic acids is 5. The van der Waals surface area contributed by atoms with Crippen molar-refractivity contribution in [2.45, 2.75) is 58.7 Å². The number of hydrogen-bond donors (Lipinski definition) is 4. The molecule has 0 saturated carbocycles. The molecule has 1 aliphatic rings. The Balaban J connectivity index is -0.00000134. The molecule has 1 saturated heterocycles. The zero-order valence-electron chi connectivity index (χ0n) is 23.6. The Morgan fingerprint density at radius 1 is 0.875 bits per heavy atom. The minimum absolute atomic E-state index is 0. The Labute approximate surface area is 241 Å². The highest BCUT2D eigenvalue weighted by atomic mass is 16.5. The zero-order chi connectivity index (χ0) is 29.5. The van der Waals surface area contributed by atoms with Gasteiger partial charge in [0.15, 0.2) is 0 Å². The average Bonchev–Trinajstić information content (AvgIpc) is 2.95. The van der Waals surface area contributed by atoms with Crippen LogP contribution >= 0.6 is 0 Å². The molecule has 0 unspecified atom stereocenters. The molecule has 10 nitrogen and oxygen atoms in total. The standard InChI is InChI=1S/C23H32N4O6.C7H8.4H2/c1-14(2)19(20(29)23(32)26-17-9-11-33-12-10-17)27-21(30)15(3)25-18(28)13-24-22(31)16-7-5-4-6-8-16;1-7-5-3-2-4-6-7;;;;/h4-8,14-15,17,19H,9-13H2,1-3H3,(H,24,31)(H,25,28)(H,26,32)(H,27,30);2-6H,1H3;4*1H/t15-,19-;;;;;/m0...../s1. The van der Waals surface area contributed by atoms with Crippen LogP contribution in [-0.2, 0) is 23.9 Å². The van der Waals surface area contributed by atoms with Gasteiger partial charge in [-0.1, -0.05) is 67.9 Å². The number of carbonyl (C=O) groups is 5. The molecule has 4 amide bonds. The van der Waals surface area contributed by atoms with Crippen molar-refractivity contribution >= 4 is 29.4 Å². The molecule has 10 heteroatoms. The second-order valence-corrected chi connectivity index (χ2v) is 9.95. The largest absolute Gasteiger partial charge is 0.381 e. The molecule has 2 atom stereocenters. The van der Waals surface area contributed by atoms with Crippen molar-refractivity contribution in [1.82, 2.24) is 21.3 Å². The minimum Gasteiger partial charge on any atom is -0.381 e. The zero-order valence-corrected chi connectivity index (χ0v) is 23.6. The Morgan fingerprint density at radius 2 is 1.45 bits per heavy atom. The van der Waals surface area contributed by atoms with Gasteiger partial charge in [-0.05, 0) is 44.7 Å². The molecule has 1 aliphatic heterocycles. The molecule has 1 fully saturated rings. The van der Waals surface area contributed by atoms with Crippen molar-refractivity contribution in [3.8, 4) is 0 Å². The number of ether oxygens (including phenoxy) is 1. The fraction of sp³-hybridized carbons (Fsp3) is 0.433. The van der Waals surface area contributed by atoms with E-state index in [1.165, 1.54) is 12.5 Å². The maximum atomic E-state index is 12.7. The highest BCUT2D eigenvalue weighted by Crippen LogP contribution is 2.08. The number of benzene rings is 2. The van der Waals surface area contributed by atoms with E-state index in [2.05, 4.69) is 40.3 Å². The predicted molar refractivity (Wildman–Crippen MR) is 160 cm³/mol. The molecule has 0 radical (unpaired) electrons. The van der Waals surface area contributed by atoms with Crippen molar-refractivity contribution in [2.75, 3.05) is 19.8 Å². The predicted octanol–water partition coefficient (Wildman–Crippen LogP) is 2.91. The van der Waals surface area contributed by atoms with Gasteiger partial charge in [0, 0.05) is 30.5 Å². The van der Waals surface area contributed by atoms with Crippen LogP contribution in [0.15, 0.2) is 60.7 Å². The summed E-state index contributed by atoms with van der Waals surface area (Å²) in [5.41, 5.74) is 1.73. The molecular formula is C30H48N4O6. The average molecular weight is 561 g/mol. The maximum Gasteiger partial charge on any atom is 0.289 e. The second-order valence-electron chi connectivity index (χ2n) is 9.95. The first kappa shape index (κ1) is 32.2. The van der Waals surface area contributed by atoms with Crippen LogP contribution in [0.4, 0.5) is 0 Å². The first-order chi connectivity index (χ1) is 19.1. The van der Waals surface area contributed by atoms with E-state index in [0.717, 1.165) is 0 Å². The lowest BCUT2D eigenvalue weighted by Crippen LogP contribution is -2.56. The number of rotatable bonds is 10. The topological polar surface area (TPSA) is 143 Å². The van der Waals surface area contributed by atoms with Gasteiger partial charge in [0.2, 0.25) is 17.6 Å². The van der Waals surface area contributed by atoms with Crippen LogP contribution in [0.2, 0.25) is 0 Å². The van der Waals surface area contributed by atoms with E-state index >= 15 is 0 Å². The molecule has 2 aromatic carbocycles. The SMILES string of the molecule is CC(C)[C@H](NC(=O)[C@H](C)NC(=O)CNC(=O)c1ccccc1)C(=O)C(=O)NC1CCOCC1.Cc1ccccc1.[HH].[HH].[HH].[HH]. The van der Waals surface area contributed by atoms with E-state index in [1.54, 1.807) is 44.2 Å². The summed E-state index contributed by atoms with van der Waals surface area (Å²) in [6.45, 7) is 7.69. The van der Waals surface area contributed by atoms with E-state index in [1.807, 2.05) is 18.2 Å². The number of aryl methyl sites for hydroxylation is 1. The fourth-order valence-electron chi connectivity index (χ4n) is 3.80. The van der Waals surface area contributed by atoms with Gasteiger partial charge in [-0.15, -0.1) is 0 Å². The lowest BCUT2D eigenvalue weighted by molar-refractivity contribution is -0.141. The molecule has 224 valence electrons. The molecule has 0 bridgehead atoms. The van der Waals surface area contributed by atoms with Gasteiger partial charge in [0.25, 0.3) is 11.8 Å². The summed E-state index contributed by atoms with van der Waals surface area (Å²) in [6, 6.07) is 16.5. The summed E-state index contributed by atoms with van der Waals surface area (Å²) in [4.78, 5) is 61.8. The molecule has 3 rings (SSSR count). The quantitative estimate of drug-likeness (QED) is 0.329. The van der Waals surface area contributed by atoms with Gasteiger partial charge in [-0.3, -0.25) is 24.0 Å². The van der Waals surface area contributed by atoms with Gasteiger partial charge in [0.1, 0.15) is 6.04 Å². The van der Waals surface area contributed by atoms with E-state index in [4.69, 9.17) is 4.74 Å². The van der Waals surface area contributed by atoms with Crippen molar-refractivity contribution in [1.29, 1.82) is 0 Å². The summed E-state index contributed by atoms with van der Waals surface area (Å²) in [6.07, 6.45) is 1.25. The molecule has 0 aromatic heterocycles. The van der Waals surface area contributed by atoms with Crippen LogP contribution in [0.5, 0.6) is 0 Å². The summed E-state index contributed by atoms with van der Waals surface area (Å²) in [5.74, 6) is -3.41. The molecule has 0 spiro atoms. The highest BCUT2D eigenvalue weighted by molar-refractivity contribution is 6.38. The number of hydrogen-bond acceptors (Lipinski definition) is 6. The summed E-state index contributed by atoms with van der Waals surface area (Å²) < 4.78 is 5.24. The molecule has 2 aromatic rings. The van der Waals surface area contributed by atoms with Crippen LogP contribution in [0.25, 0.3) is 0 Å². The third-order valence-electron chi connectivity index (χ3n) is 6.18. The summed E-state index contributed by atoms with van der Waals surface area (Å²) in [5, 5.41) is 10.2. The number of ketones is 1. The van der Waals surface area contributed by atoms with Gasteiger partial charge >= 0.3 is 0 Å². The molecule has 4 N–H and O–H groups in total. The molecular weight excluding hydrogens is 512 g/mol. The number of Topliss-reactive ketones (excluding diaryl/α,β-unsaturated/α-hetero) is 1. The van der Waals surface area contributed by atoms with Gasteiger partial charge < -0.3 is 26.0 Å². The van der Waals surface area contributed by atoms with Crippen LogP contribution in [-0.4, -0.2) is 67.3 Å². The smallest absolute Gasteiger partial charge is 0.289 e. The van der Waals surface area contributed by atoms with E-state index in [-0.39, 0.29) is 24.2 Å². The first-order valence-electron chi connectivity index (χ1n) is 13.5. The van der Waals surface area contributed by atoms with Gasteiger partial charge in [-0.25, -0.2) is 0 Å². The lowest BCUT2D eigenvalue weighted by atomic mass is 9.98. The molecule has 0 aliphatic carbocycles. The van der Waals surface area contributed by atoms with Gasteiger partial charge in [-0.2, -0.15) is 0 Å². The number of nitrogens with one attached hydrogen (secondary N) is 4. The van der Waals surface area contributed by atoms with E-state index in [0.29, 0.717) is 31.6 Å². The first-order valence-corrected chi connectivity index (χ1v) is 13.5. The highest BCUT2D eigenvalue weighted by Gasteiger charge is 2.32. The van der Waals surface area contributed by atoms with E-state index in [9.17, 15) is 24.0 Å². The third kappa shape index (κ3) is 11.4. The minimum atomic E-state index is -1.03. The normalized spacial score (nSPS) is 14.5. The van der Waals surface area contributed by atoms with Gasteiger partial charge in [0.05, 0.1) is 12.6 Å². The van der Waals surface area contributed by atoms with E-state index < -0.39 is 41.5 Å². The van der Waals surface area contributed by atoms with Crippen molar-refractivity contribution in [3.05, 3.63) is 71.8 Å². The lowest BCUT2D eigenvalue weighted by Gasteiger charge is -2.26. The Bertz CT molecular complexity index is 1140. The second kappa shape index (κ2) is 16.8. The van der Waals surface area contributed by atoms with Crippen LogP contribution < -0.4 is 21.3 Å². The van der Waals surface area contributed by atoms with Crippen LogP contribution in [0.1, 0.15) is 55.2 Å². The number of amides is 4. The van der Waals surface area contributed by atoms with Crippen molar-refractivity contribution < 1.29 is 34.4 Å². The van der Waals surface area contributed by atoms with Crippen LogP contribution in [0, 0.1) is 12.8 Å². The third-order valence-corrected chi connectivity index (χ3v) is 6.18. The fourth-order valence-corrected chi connectivity index (χ4v) is 3.80. The Hall–Kier alpha value is -4.05. The Kier molecular flexibility index (Phi) is 13.5. The van der Waals surface area contributed by atoms with Crippen molar-refractivity contribution in [2.24, 2.45) is 5.92 Å². The molecule has 1 heterocycles. The maximum absolute atomic E-state index is 12.7. The Morgan fingerprint density at radius 3 is 1.98 bits per heavy atom. The summed E-state index contributed by atoms with van der Waals surface area (Å²) in [7, 11) is 0. The van der Waals surface area contributed by atoms with Crippen molar-refractivity contribution in [3.63, 3.8) is 0 Å². The molecule has 40 heavy (non-hydrogen) atoms.